The number of carbonyl (C=O) groups excluding carboxylic acids is 1. The molecule has 0 spiro atoms. The highest BCUT2D eigenvalue weighted by Crippen LogP contribution is 2.30. The van der Waals surface area contributed by atoms with Crippen LogP contribution in [0, 0.1) is 13.8 Å². The van der Waals surface area contributed by atoms with E-state index in [0.29, 0.717) is 6.54 Å². The van der Waals surface area contributed by atoms with Gasteiger partial charge in [-0.15, -0.1) is 0 Å². The molecule has 24 heavy (non-hydrogen) atoms. The number of halogens is 3. The smallest absolute Gasteiger partial charge is 0.384 e. The topological polar surface area (TPSA) is 41.1 Å². The SMILES string of the molecule is Cc1cccc(C)c1NCCC(=O)Nc1cccc(C(F)(F)F)c1. The first-order valence-electron chi connectivity index (χ1n) is 7.54. The van der Waals surface area contributed by atoms with Gasteiger partial charge in [0.25, 0.3) is 0 Å². The van der Waals surface area contributed by atoms with Crippen LogP contribution in [0.5, 0.6) is 0 Å². The van der Waals surface area contributed by atoms with Gasteiger partial charge in [0.1, 0.15) is 0 Å². The van der Waals surface area contributed by atoms with Gasteiger partial charge in [-0.1, -0.05) is 24.3 Å². The highest BCUT2D eigenvalue weighted by Gasteiger charge is 2.30. The Kier molecular flexibility index (Phi) is 5.49. The van der Waals surface area contributed by atoms with Crippen LogP contribution in [0.25, 0.3) is 0 Å². The number of alkyl halides is 3. The molecule has 0 unspecified atom stereocenters. The van der Waals surface area contributed by atoms with Crippen molar-refractivity contribution in [2.75, 3.05) is 17.2 Å². The quantitative estimate of drug-likeness (QED) is 0.826. The number of aryl methyl sites for hydroxylation is 2. The van der Waals surface area contributed by atoms with E-state index >= 15 is 0 Å². The summed E-state index contributed by atoms with van der Waals surface area (Å²) in [5, 5.41) is 5.68. The summed E-state index contributed by atoms with van der Waals surface area (Å²) in [6, 6.07) is 10.5. The predicted octanol–water partition coefficient (Wildman–Crippen LogP) is 4.76. The second kappa shape index (κ2) is 7.38. The molecular formula is C18H19F3N2O. The van der Waals surface area contributed by atoms with Gasteiger partial charge < -0.3 is 10.6 Å². The van der Waals surface area contributed by atoms with Gasteiger partial charge in [0.2, 0.25) is 5.91 Å². The van der Waals surface area contributed by atoms with Crippen LogP contribution in [0.2, 0.25) is 0 Å². The van der Waals surface area contributed by atoms with E-state index in [4.69, 9.17) is 0 Å². The lowest BCUT2D eigenvalue weighted by Gasteiger charge is -2.13. The lowest BCUT2D eigenvalue weighted by Crippen LogP contribution is -2.17. The molecule has 0 radical (unpaired) electrons. The largest absolute Gasteiger partial charge is 0.416 e. The van der Waals surface area contributed by atoms with E-state index < -0.39 is 11.7 Å². The molecule has 0 saturated carbocycles. The van der Waals surface area contributed by atoms with Crippen molar-refractivity contribution in [3.8, 4) is 0 Å². The van der Waals surface area contributed by atoms with Crippen molar-refractivity contribution in [2.24, 2.45) is 0 Å². The molecule has 0 aliphatic rings. The zero-order valence-electron chi connectivity index (χ0n) is 13.5. The Morgan fingerprint density at radius 2 is 1.67 bits per heavy atom. The molecular weight excluding hydrogens is 317 g/mol. The van der Waals surface area contributed by atoms with Crippen LogP contribution in [0.3, 0.4) is 0 Å². The third-order valence-corrected chi connectivity index (χ3v) is 3.61. The molecule has 0 heterocycles. The maximum Gasteiger partial charge on any atom is 0.416 e. The lowest BCUT2D eigenvalue weighted by atomic mass is 10.1. The van der Waals surface area contributed by atoms with Gasteiger partial charge in [-0.2, -0.15) is 13.2 Å². The van der Waals surface area contributed by atoms with E-state index in [0.717, 1.165) is 28.9 Å². The predicted molar refractivity (Wildman–Crippen MR) is 89.1 cm³/mol. The summed E-state index contributed by atoms with van der Waals surface area (Å²) < 4.78 is 37.9. The first-order chi connectivity index (χ1) is 11.3. The molecule has 2 N–H and O–H groups in total. The van der Waals surface area contributed by atoms with E-state index in [1.807, 2.05) is 32.0 Å². The molecule has 6 heteroatoms. The lowest BCUT2D eigenvalue weighted by molar-refractivity contribution is -0.137. The number of nitrogens with one attached hydrogen (secondary N) is 2. The molecule has 0 fully saturated rings. The number of carbonyl (C=O) groups is 1. The van der Waals surface area contributed by atoms with Crippen molar-refractivity contribution in [3.05, 3.63) is 59.2 Å². The molecule has 128 valence electrons. The highest BCUT2D eigenvalue weighted by molar-refractivity contribution is 5.91. The first-order valence-corrected chi connectivity index (χ1v) is 7.54. The Labute approximate surface area is 138 Å². The van der Waals surface area contributed by atoms with Gasteiger partial charge in [-0.05, 0) is 43.2 Å². The number of para-hydroxylation sites is 1. The zero-order valence-corrected chi connectivity index (χ0v) is 13.5. The normalized spacial score (nSPS) is 11.2. The number of hydrogen-bond donors (Lipinski definition) is 2. The van der Waals surface area contributed by atoms with E-state index in [-0.39, 0.29) is 18.0 Å². The van der Waals surface area contributed by atoms with Crippen molar-refractivity contribution in [1.82, 2.24) is 0 Å². The van der Waals surface area contributed by atoms with Crippen LogP contribution in [0.1, 0.15) is 23.1 Å². The van der Waals surface area contributed by atoms with Crippen LogP contribution in [0.4, 0.5) is 24.5 Å². The number of hydrogen-bond acceptors (Lipinski definition) is 2. The number of anilines is 2. The highest BCUT2D eigenvalue weighted by atomic mass is 19.4. The van der Waals surface area contributed by atoms with Crippen LogP contribution >= 0.6 is 0 Å². The minimum atomic E-state index is -4.43. The molecule has 0 atom stereocenters. The molecule has 0 bridgehead atoms. The summed E-state index contributed by atoms with van der Waals surface area (Å²) in [5.41, 5.74) is 2.49. The first kappa shape index (κ1) is 17.8. The number of amides is 1. The third-order valence-electron chi connectivity index (χ3n) is 3.61. The van der Waals surface area contributed by atoms with Crippen molar-refractivity contribution in [3.63, 3.8) is 0 Å². The molecule has 0 saturated heterocycles. The Balaban J connectivity index is 1.90. The summed E-state index contributed by atoms with van der Waals surface area (Å²) >= 11 is 0. The summed E-state index contributed by atoms with van der Waals surface area (Å²) in [4.78, 5) is 11.9. The van der Waals surface area contributed by atoms with Gasteiger partial charge >= 0.3 is 6.18 Å². The van der Waals surface area contributed by atoms with Crippen molar-refractivity contribution in [1.29, 1.82) is 0 Å². The van der Waals surface area contributed by atoms with Gasteiger partial charge in [0, 0.05) is 24.3 Å². The second-order valence-corrected chi connectivity index (χ2v) is 5.57. The molecule has 0 aromatic heterocycles. The Hall–Kier alpha value is -2.50. The standard InChI is InChI=1S/C18H19F3N2O/c1-12-5-3-6-13(2)17(12)22-10-9-16(24)23-15-8-4-7-14(11-15)18(19,20)21/h3-8,11,22H,9-10H2,1-2H3,(H,23,24). The minimum absolute atomic E-state index is 0.141. The average molecular weight is 336 g/mol. The van der Waals surface area contributed by atoms with Gasteiger partial charge in [-0.25, -0.2) is 0 Å². The molecule has 2 rings (SSSR count). The van der Waals surface area contributed by atoms with Gasteiger partial charge in [0.15, 0.2) is 0 Å². The summed E-state index contributed by atoms with van der Waals surface area (Å²) in [6.45, 7) is 4.34. The number of rotatable bonds is 5. The maximum absolute atomic E-state index is 12.6. The van der Waals surface area contributed by atoms with Gasteiger partial charge in [0.05, 0.1) is 5.56 Å². The fourth-order valence-electron chi connectivity index (χ4n) is 2.39. The molecule has 0 aliphatic carbocycles. The van der Waals surface area contributed by atoms with Crippen molar-refractivity contribution < 1.29 is 18.0 Å². The molecule has 0 aliphatic heterocycles. The monoisotopic (exact) mass is 336 g/mol. The number of benzene rings is 2. The Morgan fingerprint density at radius 1 is 1.04 bits per heavy atom. The average Bonchev–Trinajstić information content (AvgIpc) is 2.49. The minimum Gasteiger partial charge on any atom is -0.384 e. The van der Waals surface area contributed by atoms with Crippen LogP contribution in [-0.2, 0) is 11.0 Å². The molecule has 3 nitrogen and oxygen atoms in total. The fourth-order valence-corrected chi connectivity index (χ4v) is 2.39. The Bertz CT molecular complexity index is 706. The van der Waals surface area contributed by atoms with Crippen molar-refractivity contribution >= 4 is 17.3 Å². The fraction of sp³-hybridized carbons (Fsp3) is 0.278. The molecule has 1 amide bonds. The molecule has 2 aromatic rings. The van der Waals surface area contributed by atoms with Gasteiger partial charge in [-0.3, -0.25) is 4.79 Å². The third kappa shape index (κ3) is 4.75. The van der Waals surface area contributed by atoms with Crippen LogP contribution < -0.4 is 10.6 Å². The molecule has 2 aromatic carbocycles. The van der Waals surface area contributed by atoms with Crippen LogP contribution in [0.15, 0.2) is 42.5 Å². The summed E-state index contributed by atoms with van der Waals surface area (Å²) in [6.07, 6.45) is -4.27. The second-order valence-electron chi connectivity index (χ2n) is 5.57. The summed E-state index contributed by atoms with van der Waals surface area (Å²) in [7, 11) is 0. The van der Waals surface area contributed by atoms with E-state index in [2.05, 4.69) is 10.6 Å². The van der Waals surface area contributed by atoms with Crippen molar-refractivity contribution in [2.45, 2.75) is 26.4 Å². The van der Waals surface area contributed by atoms with Crippen LogP contribution in [-0.4, -0.2) is 12.5 Å². The zero-order chi connectivity index (χ0) is 17.7. The maximum atomic E-state index is 12.6. The Morgan fingerprint density at radius 3 is 2.29 bits per heavy atom. The van der Waals surface area contributed by atoms with E-state index in [1.165, 1.54) is 12.1 Å². The van der Waals surface area contributed by atoms with E-state index in [9.17, 15) is 18.0 Å². The van der Waals surface area contributed by atoms with E-state index in [1.54, 1.807) is 0 Å². The summed E-state index contributed by atoms with van der Waals surface area (Å²) in [5.74, 6) is -0.340.